The Bertz CT molecular complexity index is 1370. The predicted octanol–water partition coefficient (Wildman–Crippen LogP) is 4.25. The van der Waals surface area contributed by atoms with E-state index in [2.05, 4.69) is 30.3 Å². The number of hydrogen-bond donors (Lipinski definition) is 3. The molecule has 5 rings (SSSR count). The normalized spacial score (nSPS) is 20.7. The first-order valence-electron chi connectivity index (χ1n) is 12.1. The molecule has 1 aliphatic heterocycles. The van der Waals surface area contributed by atoms with Crippen LogP contribution in [-0.4, -0.2) is 59.5 Å². The van der Waals surface area contributed by atoms with E-state index in [0.29, 0.717) is 68.1 Å². The van der Waals surface area contributed by atoms with Crippen LogP contribution in [0.3, 0.4) is 0 Å². The summed E-state index contributed by atoms with van der Waals surface area (Å²) < 4.78 is 75.1. The fraction of sp³-hybridized carbons (Fsp3) is 0.542. The molecule has 10 nitrogen and oxygen atoms in total. The molecule has 3 aromatic rings. The number of sulfonamides is 1. The van der Waals surface area contributed by atoms with Crippen molar-refractivity contribution in [3.8, 4) is 0 Å². The Morgan fingerprint density at radius 1 is 0.974 bits per heavy atom. The van der Waals surface area contributed by atoms with Gasteiger partial charge in [0.05, 0.1) is 12.5 Å². The van der Waals surface area contributed by atoms with Gasteiger partial charge in [0.1, 0.15) is 17.0 Å². The molecule has 1 saturated carbocycles. The first-order chi connectivity index (χ1) is 17.7. The number of hydrogen-bond acceptors (Lipinski definition) is 8. The minimum atomic E-state index is -3.25. The molecule has 2 fully saturated rings. The molecule has 14 heteroatoms. The summed E-state index contributed by atoms with van der Waals surface area (Å²) >= 11 is 0. The standard InChI is InChI=1S/C23H28F3N7O3S.CH4/c1-37(34,35)32-15-4-2-14(3-5-15)28-22-27-12-19-21(31-22)33(16-6-8-36-9-7-16)23(29-19)30-20-17(25)10-13(24)11-18(20)26;/h10-12,14-16,32H,2-9H2,1H3,(H,29,30)(H,27,28,31);1H4. The Labute approximate surface area is 219 Å². The van der Waals surface area contributed by atoms with Gasteiger partial charge in [0, 0.05) is 43.5 Å². The Morgan fingerprint density at radius 3 is 2.24 bits per heavy atom. The average molecular weight is 556 g/mol. The molecule has 0 spiro atoms. The lowest BCUT2D eigenvalue weighted by atomic mass is 9.92. The largest absolute Gasteiger partial charge is 0.381 e. The topological polar surface area (TPSA) is 123 Å². The Balaban J connectivity index is 0.00000336. The molecule has 0 bridgehead atoms. The van der Waals surface area contributed by atoms with Crippen molar-refractivity contribution in [1.82, 2.24) is 24.2 Å². The number of aromatic nitrogens is 4. The van der Waals surface area contributed by atoms with Crippen molar-refractivity contribution in [2.45, 2.75) is 64.1 Å². The molecule has 0 atom stereocenters. The summed E-state index contributed by atoms with van der Waals surface area (Å²) in [6, 6.07) is 1.10. The molecule has 1 saturated heterocycles. The minimum absolute atomic E-state index is 0. The van der Waals surface area contributed by atoms with Gasteiger partial charge in [-0.25, -0.2) is 36.3 Å². The van der Waals surface area contributed by atoms with Gasteiger partial charge in [0.25, 0.3) is 0 Å². The Hall–Kier alpha value is -2.97. The van der Waals surface area contributed by atoms with E-state index in [9.17, 15) is 21.6 Å². The molecule has 0 radical (unpaired) electrons. The van der Waals surface area contributed by atoms with Gasteiger partial charge >= 0.3 is 0 Å². The SMILES string of the molecule is C.CS(=O)(=O)NC1CCC(Nc2ncc3nc(Nc4c(F)cc(F)cc4F)n(C4CCOCC4)c3n2)CC1. The van der Waals surface area contributed by atoms with Crippen LogP contribution < -0.4 is 15.4 Å². The number of fused-ring (bicyclic) bond motifs is 1. The average Bonchev–Trinajstić information content (AvgIpc) is 3.19. The van der Waals surface area contributed by atoms with E-state index in [1.807, 2.05) is 0 Å². The number of nitrogens with one attached hydrogen (secondary N) is 3. The molecule has 3 heterocycles. The zero-order chi connectivity index (χ0) is 26.2. The molecular formula is C24H32F3N7O3S. The molecule has 1 aromatic carbocycles. The van der Waals surface area contributed by atoms with Crippen LogP contribution >= 0.6 is 0 Å². The summed E-state index contributed by atoms with van der Waals surface area (Å²) in [6.45, 7) is 1.04. The second-order valence-corrected chi connectivity index (χ2v) is 11.3. The van der Waals surface area contributed by atoms with Gasteiger partial charge in [0.15, 0.2) is 17.3 Å². The van der Waals surface area contributed by atoms with E-state index < -0.39 is 33.2 Å². The predicted molar refractivity (Wildman–Crippen MR) is 138 cm³/mol. The van der Waals surface area contributed by atoms with Crippen molar-refractivity contribution in [2.75, 3.05) is 30.1 Å². The minimum Gasteiger partial charge on any atom is -0.381 e. The third-order valence-electron chi connectivity index (χ3n) is 6.67. The van der Waals surface area contributed by atoms with Crippen molar-refractivity contribution in [2.24, 2.45) is 0 Å². The molecule has 1 aliphatic carbocycles. The molecule has 0 amide bonds. The molecule has 208 valence electrons. The maximum absolute atomic E-state index is 14.4. The monoisotopic (exact) mass is 555 g/mol. The summed E-state index contributed by atoms with van der Waals surface area (Å²) in [5.41, 5.74) is 0.418. The molecule has 2 aliphatic rings. The first-order valence-corrected chi connectivity index (χ1v) is 14.0. The summed E-state index contributed by atoms with van der Waals surface area (Å²) in [5, 5.41) is 6.02. The van der Waals surface area contributed by atoms with E-state index >= 15 is 0 Å². The maximum atomic E-state index is 14.4. The first kappa shape index (κ1) is 28.0. The number of rotatable bonds is 7. The highest BCUT2D eigenvalue weighted by Gasteiger charge is 2.27. The van der Waals surface area contributed by atoms with Crippen molar-refractivity contribution >= 4 is 38.8 Å². The van der Waals surface area contributed by atoms with Crippen molar-refractivity contribution in [3.05, 3.63) is 35.8 Å². The lowest BCUT2D eigenvalue weighted by molar-refractivity contribution is 0.0710. The van der Waals surface area contributed by atoms with Crippen molar-refractivity contribution < 1.29 is 26.3 Å². The summed E-state index contributed by atoms with van der Waals surface area (Å²) in [5.74, 6) is -2.60. The fourth-order valence-corrected chi connectivity index (χ4v) is 5.79. The van der Waals surface area contributed by atoms with E-state index in [1.165, 1.54) is 0 Å². The molecule has 0 unspecified atom stereocenters. The third kappa shape index (κ3) is 6.35. The second kappa shape index (κ2) is 11.4. The van der Waals surface area contributed by atoms with Crippen LogP contribution in [0, 0.1) is 17.5 Å². The van der Waals surface area contributed by atoms with E-state index in [1.54, 1.807) is 10.8 Å². The van der Waals surface area contributed by atoms with Crippen LogP contribution in [-0.2, 0) is 14.8 Å². The highest BCUT2D eigenvalue weighted by Crippen LogP contribution is 2.33. The van der Waals surface area contributed by atoms with Gasteiger partial charge in [-0.1, -0.05) is 7.43 Å². The van der Waals surface area contributed by atoms with Crippen molar-refractivity contribution in [1.29, 1.82) is 0 Å². The quantitative estimate of drug-likeness (QED) is 0.396. The van der Waals surface area contributed by atoms with Crippen LogP contribution in [0.15, 0.2) is 18.3 Å². The Morgan fingerprint density at radius 2 is 1.61 bits per heavy atom. The summed E-state index contributed by atoms with van der Waals surface area (Å²) in [4.78, 5) is 13.5. The third-order valence-corrected chi connectivity index (χ3v) is 7.44. The van der Waals surface area contributed by atoms with E-state index in [0.717, 1.165) is 19.1 Å². The molecular weight excluding hydrogens is 523 g/mol. The van der Waals surface area contributed by atoms with Crippen LogP contribution in [0.5, 0.6) is 0 Å². The van der Waals surface area contributed by atoms with Crippen LogP contribution in [0.1, 0.15) is 52.0 Å². The van der Waals surface area contributed by atoms with E-state index in [-0.39, 0.29) is 31.5 Å². The maximum Gasteiger partial charge on any atom is 0.224 e. The zero-order valence-corrected chi connectivity index (χ0v) is 21.0. The second-order valence-electron chi connectivity index (χ2n) is 9.50. The highest BCUT2D eigenvalue weighted by atomic mass is 32.2. The molecule has 2 aromatic heterocycles. The Kier molecular flexibility index (Phi) is 8.43. The number of nitrogens with zero attached hydrogens (tertiary/aromatic N) is 4. The number of ether oxygens (including phenoxy) is 1. The summed E-state index contributed by atoms with van der Waals surface area (Å²) in [6.07, 6.45) is 6.86. The molecule has 3 N–H and O–H groups in total. The van der Waals surface area contributed by atoms with Gasteiger partial charge in [-0.2, -0.15) is 4.98 Å². The number of benzene rings is 1. The van der Waals surface area contributed by atoms with Gasteiger partial charge in [-0.3, -0.25) is 4.57 Å². The summed E-state index contributed by atoms with van der Waals surface area (Å²) in [7, 11) is -3.25. The highest BCUT2D eigenvalue weighted by molar-refractivity contribution is 7.88. The lowest BCUT2D eigenvalue weighted by Gasteiger charge is -2.29. The lowest BCUT2D eigenvalue weighted by Crippen LogP contribution is -2.39. The molecule has 38 heavy (non-hydrogen) atoms. The number of halogens is 3. The smallest absolute Gasteiger partial charge is 0.224 e. The van der Waals surface area contributed by atoms with Crippen LogP contribution in [0.25, 0.3) is 11.2 Å². The van der Waals surface area contributed by atoms with Crippen LogP contribution in [0.4, 0.5) is 30.8 Å². The number of imidazole rings is 1. The van der Waals surface area contributed by atoms with Crippen molar-refractivity contribution in [3.63, 3.8) is 0 Å². The van der Waals surface area contributed by atoms with Gasteiger partial charge in [-0.05, 0) is 38.5 Å². The van der Waals surface area contributed by atoms with Gasteiger partial charge in [-0.15, -0.1) is 0 Å². The zero-order valence-electron chi connectivity index (χ0n) is 20.2. The van der Waals surface area contributed by atoms with Crippen LogP contribution in [0.2, 0.25) is 0 Å². The van der Waals surface area contributed by atoms with E-state index in [4.69, 9.17) is 4.74 Å². The number of anilines is 3. The fourth-order valence-electron chi connectivity index (χ4n) is 4.95. The van der Waals surface area contributed by atoms with Gasteiger partial charge in [0.2, 0.25) is 21.9 Å². The van der Waals surface area contributed by atoms with Gasteiger partial charge < -0.3 is 15.4 Å².